The monoisotopic (exact) mass is 396 g/mol. The lowest BCUT2D eigenvalue weighted by Gasteiger charge is -2.43. The van der Waals surface area contributed by atoms with Gasteiger partial charge in [-0.1, -0.05) is 19.9 Å². The molecule has 0 aromatic heterocycles. The Hall–Kier alpha value is -1.57. The van der Waals surface area contributed by atoms with E-state index in [9.17, 15) is 13.6 Å². The van der Waals surface area contributed by atoms with Crippen LogP contribution in [-0.4, -0.2) is 66.7 Å². The van der Waals surface area contributed by atoms with Crippen molar-refractivity contribution < 1.29 is 23.0 Å². The maximum absolute atomic E-state index is 13.6. The molecule has 0 N–H and O–H groups in total. The van der Waals surface area contributed by atoms with E-state index in [0.29, 0.717) is 25.3 Å². The molecule has 4 unspecified atom stereocenters. The van der Waals surface area contributed by atoms with Crippen molar-refractivity contribution in [2.45, 2.75) is 52.0 Å². The van der Waals surface area contributed by atoms with Gasteiger partial charge in [-0.15, -0.1) is 0 Å². The number of rotatable bonds is 4. The van der Waals surface area contributed by atoms with E-state index in [2.05, 4.69) is 18.7 Å². The highest BCUT2D eigenvalue weighted by molar-refractivity contribution is 5.82. The summed E-state index contributed by atoms with van der Waals surface area (Å²) in [6, 6.07) is 3.53. The fourth-order valence-electron chi connectivity index (χ4n) is 4.26. The number of hydrogen-bond donors (Lipinski definition) is 0. The smallest absolute Gasteiger partial charge is 0.240 e. The van der Waals surface area contributed by atoms with Crippen molar-refractivity contribution in [3.63, 3.8) is 0 Å². The third-order valence-corrected chi connectivity index (χ3v) is 5.42. The van der Waals surface area contributed by atoms with Gasteiger partial charge in [0.05, 0.1) is 31.4 Å². The molecule has 156 valence electrons. The molecule has 0 radical (unpaired) electrons. The number of ether oxygens (including phenoxy) is 2. The maximum atomic E-state index is 13.6. The van der Waals surface area contributed by atoms with Gasteiger partial charge >= 0.3 is 0 Å². The first kappa shape index (κ1) is 21.1. The molecule has 2 fully saturated rings. The second-order valence-electron chi connectivity index (χ2n) is 8.22. The number of morpholine rings is 2. The number of hydrogen-bond acceptors (Lipinski definition) is 4. The van der Waals surface area contributed by atoms with Crippen LogP contribution in [0.2, 0.25) is 0 Å². The second-order valence-corrected chi connectivity index (χ2v) is 8.22. The number of nitrogens with zero attached hydrogens (tertiary/aromatic N) is 2. The number of carbonyl (C=O) groups is 1. The number of benzene rings is 1. The lowest BCUT2D eigenvalue weighted by atomic mass is 9.98. The van der Waals surface area contributed by atoms with E-state index < -0.39 is 17.7 Å². The van der Waals surface area contributed by atoms with Gasteiger partial charge < -0.3 is 14.4 Å². The van der Waals surface area contributed by atoms with E-state index in [-0.39, 0.29) is 30.1 Å². The Morgan fingerprint density at radius 2 is 1.79 bits per heavy atom. The molecule has 3 rings (SSSR count). The zero-order valence-electron chi connectivity index (χ0n) is 17.0. The summed E-state index contributed by atoms with van der Waals surface area (Å²) in [6.45, 7) is 10.8. The highest BCUT2D eigenvalue weighted by Gasteiger charge is 2.38. The van der Waals surface area contributed by atoms with Crippen LogP contribution in [-0.2, 0) is 14.3 Å². The molecule has 2 heterocycles. The predicted octanol–water partition coefficient (Wildman–Crippen LogP) is 3.00. The summed E-state index contributed by atoms with van der Waals surface area (Å²) in [7, 11) is 0. The number of halogens is 2. The standard InChI is InChI=1S/C21H30F2N2O3/c1-13(2)20(25-10-14(3)28-15(4)11-25)21(26)24-7-8-27-19(12-24)16-5-6-17(22)18(23)9-16/h5-6,9,13-15,19-20H,7-8,10-12H2,1-4H3. The van der Waals surface area contributed by atoms with Crippen molar-refractivity contribution in [1.29, 1.82) is 0 Å². The van der Waals surface area contributed by atoms with Crippen LogP contribution >= 0.6 is 0 Å². The van der Waals surface area contributed by atoms with Gasteiger partial charge in [-0.3, -0.25) is 9.69 Å². The summed E-state index contributed by atoms with van der Waals surface area (Å²) >= 11 is 0. The minimum absolute atomic E-state index is 0.0622. The van der Waals surface area contributed by atoms with Gasteiger partial charge in [-0.05, 0) is 37.5 Å². The lowest BCUT2D eigenvalue weighted by molar-refractivity contribution is -0.152. The van der Waals surface area contributed by atoms with Crippen LogP contribution in [0.25, 0.3) is 0 Å². The molecule has 2 saturated heterocycles. The van der Waals surface area contributed by atoms with Crippen LogP contribution in [0.15, 0.2) is 18.2 Å². The quantitative estimate of drug-likeness (QED) is 0.785. The Labute approximate surface area is 165 Å². The molecule has 0 spiro atoms. The highest BCUT2D eigenvalue weighted by Crippen LogP contribution is 2.26. The molecular weight excluding hydrogens is 366 g/mol. The fraction of sp³-hybridized carbons (Fsp3) is 0.667. The summed E-state index contributed by atoms with van der Waals surface area (Å²) in [4.78, 5) is 17.4. The minimum atomic E-state index is -0.902. The van der Waals surface area contributed by atoms with Gasteiger partial charge in [-0.2, -0.15) is 0 Å². The first-order valence-electron chi connectivity index (χ1n) is 10.0. The fourth-order valence-corrected chi connectivity index (χ4v) is 4.26. The third kappa shape index (κ3) is 4.70. The van der Waals surface area contributed by atoms with Crippen molar-refractivity contribution >= 4 is 5.91 Å². The van der Waals surface area contributed by atoms with Crippen molar-refractivity contribution in [3.05, 3.63) is 35.4 Å². The van der Waals surface area contributed by atoms with Crippen molar-refractivity contribution in [2.75, 3.05) is 32.8 Å². The van der Waals surface area contributed by atoms with Gasteiger partial charge in [0.15, 0.2) is 11.6 Å². The van der Waals surface area contributed by atoms with Crippen molar-refractivity contribution in [3.8, 4) is 0 Å². The van der Waals surface area contributed by atoms with Crippen LogP contribution in [0.3, 0.4) is 0 Å². The average molecular weight is 396 g/mol. The topological polar surface area (TPSA) is 42.0 Å². The molecule has 1 aromatic carbocycles. The SMILES string of the molecule is CC1CN(C(C(=O)N2CCOC(c3ccc(F)c(F)c3)C2)C(C)C)CC(C)O1. The first-order valence-corrected chi connectivity index (χ1v) is 10.0. The molecule has 0 aliphatic carbocycles. The number of amides is 1. The second kappa shape index (κ2) is 8.84. The Balaban J connectivity index is 1.74. The summed E-state index contributed by atoms with van der Waals surface area (Å²) < 4.78 is 38.4. The summed E-state index contributed by atoms with van der Waals surface area (Å²) in [5, 5.41) is 0. The molecular formula is C21H30F2N2O3. The van der Waals surface area contributed by atoms with E-state index in [1.807, 2.05) is 13.8 Å². The zero-order chi connectivity index (χ0) is 20.4. The Morgan fingerprint density at radius 1 is 1.11 bits per heavy atom. The zero-order valence-corrected chi connectivity index (χ0v) is 17.0. The van der Waals surface area contributed by atoms with Gasteiger partial charge in [0, 0.05) is 19.6 Å². The van der Waals surface area contributed by atoms with Gasteiger partial charge in [-0.25, -0.2) is 8.78 Å². The molecule has 0 bridgehead atoms. The first-order chi connectivity index (χ1) is 13.3. The normalized spacial score (nSPS) is 27.8. The van der Waals surface area contributed by atoms with E-state index in [1.165, 1.54) is 6.07 Å². The van der Waals surface area contributed by atoms with Crippen molar-refractivity contribution in [1.82, 2.24) is 9.80 Å². The Morgan fingerprint density at radius 3 is 2.39 bits per heavy atom. The van der Waals surface area contributed by atoms with Crippen LogP contribution in [0, 0.1) is 17.6 Å². The summed E-state index contributed by atoms with van der Waals surface area (Å²) in [5.41, 5.74) is 0.547. The predicted molar refractivity (Wildman–Crippen MR) is 102 cm³/mol. The molecule has 1 aromatic rings. The Kier molecular flexibility index (Phi) is 6.68. The summed E-state index contributed by atoms with van der Waals surface area (Å²) in [6.07, 6.45) is -0.294. The van der Waals surface area contributed by atoms with Gasteiger partial charge in [0.25, 0.3) is 0 Å². The van der Waals surface area contributed by atoms with Crippen LogP contribution in [0.5, 0.6) is 0 Å². The molecule has 5 nitrogen and oxygen atoms in total. The molecule has 2 aliphatic heterocycles. The molecule has 4 atom stereocenters. The van der Waals surface area contributed by atoms with Crippen LogP contribution in [0.1, 0.15) is 39.4 Å². The van der Waals surface area contributed by atoms with E-state index >= 15 is 0 Å². The van der Waals surface area contributed by atoms with Crippen LogP contribution in [0.4, 0.5) is 8.78 Å². The average Bonchev–Trinajstić information content (AvgIpc) is 2.63. The molecule has 2 aliphatic rings. The molecule has 28 heavy (non-hydrogen) atoms. The van der Waals surface area contributed by atoms with E-state index in [0.717, 1.165) is 25.2 Å². The molecule has 7 heteroatoms. The lowest BCUT2D eigenvalue weighted by Crippen LogP contribution is -2.59. The van der Waals surface area contributed by atoms with E-state index in [1.54, 1.807) is 4.90 Å². The highest BCUT2D eigenvalue weighted by atomic mass is 19.2. The van der Waals surface area contributed by atoms with Gasteiger partial charge in [0.2, 0.25) is 5.91 Å². The number of carbonyl (C=O) groups excluding carboxylic acids is 1. The third-order valence-electron chi connectivity index (χ3n) is 5.42. The van der Waals surface area contributed by atoms with Gasteiger partial charge in [0.1, 0.15) is 6.10 Å². The van der Waals surface area contributed by atoms with E-state index in [4.69, 9.17) is 9.47 Å². The molecule has 1 amide bonds. The Bertz CT molecular complexity index is 690. The summed E-state index contributed by atoms with van der Waals surface area (Å²) in [5.74, 6) is -1.58. The van der Waals surface area contributed by atoms with Crippen LogP contribution < -0.4 is 0 Å². The minimum Gasteiger partial charge on any atom is -0.373 e. The largest absolute Gasteiger partial charge is 0.373 e. The molecule has 0 saturated carbocycles. The maximum Gasteiger partial charge on any atom is 0.240 e. The van der Waals surface area contributed by atoms with Crippen molar-refractivity contribution in [2.24, 2.45) is 5.92 Å².